The SMILES string of the molecule is CCC[C@@H](CC#CC(=O)CCC[C@H](C)O[Si](C)(C)C(C)(C)C)O[Si](C)(C)C(C)(C)C. The van der Waals surface area contributed by atoms with Crippen LogP contribution in [-0.2, 0) is 13.6 Å². The molecule has 0 unspecified atom stereocenters. The van der Waals surface area contributed by atoms with Gasteiger partial charge in [-0.1, -0.05) is 60.8 Å². The van der Waals surface area contributed by atoms with Gasteiger partial charge in [0.15, 0.2) is 16.6 Å². The Bertz CT molecular complexity index is 586. The zero-order valence-electron chi connectivity index (χ0n) is 22.1. The van der Waals surface area contributed by atoms with Gasteiger partial charge in [0.2, 0.25) is 5.78 Å². The minimum atomic E-state index is -1.81. The molecule has 0 heterocycles. The summed E-state index contributed by atoms with van der Waals surface area (Å²) in [7, 11) is -3.56. The first-order valence-corrected chi connectivity index (χ1v) is 17.6. The van der Waals surface area contributed by atoms with Gasteiger partial charge in [-0.05, 0) is 68.4 Å². The van der Waals surface area contributed by atoms with Crippen molar-refractivity contribution in [2.45, 2.75) is 142 Å². The van der Waals surface area contributed by atoms with Crippen LogP contribution in [0.1, 0.15) is 93.9 Å². The van der Waals surface area contributed by atoms with Crippen LogP contribution in [0, 0.1) is 11.8 Å². The largest absolute Gasteiger partial charge is 0.414 e. The van der Waals surface area contributed by atoms with Crippen LogP contribution in [0.3, 0.4) is 0 Å². The molecule has 0 N–H and O–H groups in total. The Labute approximate surface area is 190 Å². The molecule has 5 heteroatoms. The van der Waals surface area contributed by atoms with Gasteiger partial charge < -0.3 is 8.85 Å². The van der Waals surface area contributed by atoms with Gasteiger partial charge in [-0.2, -0.15) is 0 Å². The number of Topliss-reactive ketones (excluding diaryl/α,β-unsaturated/α-hetero) is 1. The van der Waals surface area contributed by atoms with Crippen LogP contribution in [0.15, 0.2) is 0 Å². The standard InChI is InChI=1S/C25H50O3Si2/c1-13-16-23(28-30(11,12)25(6,7)8)20-15-19-22(26)18-14-17-21(2)27-29(9,10)24(3,4)5/h21,23H,13-14,16-18,20H2,1-12H3/t21-,23-/m0/s1. The van der Waals surface area contributed by atoms with Crippen molar-refractivity contribution in [3.63, 3.8) is 0 Å². The van der Waals surface area contributed by atoms with Crippen LogP contribution in [-0.4, -0.2) is 34.6 Å². The van der Waals surface area contributed by atoms with Gasteiger partial charge in [-0.3, -0.25) is 4.79 Å². The summed E-state index contributed by atoms with van der Waals surface area (Å²) in [4.78, 5) is 12.2. The molecule has 0 bridgehead atoms. The van der Waals surface area contributed by atoms with E-state index in [-0.39, 0.29) is 28.1 Å². The number of carbonyl (C=O) groups excluding carboxylic acids is 1. The third-order valence-corrected chi connectivity index (χ3v) is 15.9. The summed E-state index contributed by atoms with van der Waals surface area (Å²) >= 11 is 0. The Kier molecular flexibility index (Phi) is 11.8. The van der Waals surface area contributed by atoms with Crippen molar-refractivity contribution in [2.75, 3.05) is 0 Å². The molecule has 0 aromatic carbocycles. The van der Waals surface area contributed by atoms with Crippen LogP contribution < -0.4 is 0 Å². The summed E-state index contributed by atoms with van der Waals surface area (Å²) in [6.45, 7) is 27.0. The predicted molar refractivity (Wildman–Crippen MR) is 136 cm³/mol. The lowest BCUT2D eigenvalue weighted by Crippen LogP contribution is -2.43. The summed E-state index contributed by atoms with van der Waals surface area (Å²) < 4.78 is 12.9. The van der Waals surface area contributed by atoms with E-state index < -0.39 is 16.6 Å². The lowest BCUT2D eigenvalue weighted by molar-refractivity contribution is -0.114. The highest BCUT2D eigenvalue weighted by atomic mass is 28.4. The predicted octanol–water partition coefficient (Wildman–Crippen LogP) is 7.72. The van der Waals surface area contributed by atoms with Crippen molar-refractivity contribution in [2.24, 2.45) is 0 Å². The molecule has 0 aliphatic rings. The van der Waals surface area contributed by atoms with Gasteiger partial charge in [0.05, 0.1) is 6.10 Å². The van der Waals surface area contributed by atoms with Gasteiger partial charge in [0, 0.05) is 18.9 Å². The monoisotopic (exact) mass is 454 g/mol. The summed E-state index contributed by atoms with van der Waals surface area (Å²) in [5.41, 5.74) is 0. The maximum absolute atomic E-state index is 12.2. The zero-order chi connectivity index (χ0) is 23.8. The fraction of sp³-hybridized carbons (Fsp3) is 0.880. The minimum Gasteiger partial charge on any atom is -0.414 e. The average molecular weight is 455 g/mol. The van der Waals surface area contributed by atoms with Crippen LogP contribution in [0.5, 0.6) is 0 Å². The van der Waals surface area contributed by atoms with E-state index in [0.29, 0.717) is 12.8 Å². The topological polar surface area (TPSA) is 35.5 Å². The summed E-state index contributed by atoms with van der Waals surface area (Å²) in [5, 5.41) is 0.398. The highest BCUT2D eigenvalue weighted by Crippen LogP contribution is 2.38. The van der Waals surface area contributed by atoms with E-state index in [1.54, 1.807) is 0 Å². The molecule has 0 amide bonds. The maximum atomic E-state index is 12.2. The van der Waals surface area contributed by atoms with E-state index >= 15 is 0 Å². The van der Waals surface area contributed by atoms with Crippen molar-refractivity contribution < 1.29 is 13.6 Å². The van der Waals surface area contributed by atoms with Crippen LogP contribution in [0.25, 0.3) is 0 Å². The molecule has 3 nitrogen and oxygen atoms in total. The van der Waals surface area contributed by atoms with E-state index in [2.05, 4.69) is 93.4 Å². The van der Waals surface area contributed by atoms with E-state index in [4.69, 9.17) is 8.85 Å². The Hall–Kier alpha value is -0.416. The number of rotatable bonds is 11. The molecule has 176 valence electrons. The van der Waals surface area contributed by atoms with Gasteiger partial charge in [-0.25, -0.2) is 0 Å². The van der Waals surface area contributed by atoms with Crippen molar-refractivity contribution in [1.82, 2.24) is 0 Å². The smallest absolute Gasteiger partial charge is 0.205 e. The first-order chi connectivity index (χ1) is 13.4. The molecule has 0 aliphatic carbocycles. The van der Waals surface area contributed by atoms with E-state index in [1.165, 1.54) is 0 Å². The third kappa shape index (κ3) is 10.7. The maximum Gasteiger partial charge on any atom is 0.205 e. The lowest BCUT2D eigenvalue weighted by Gasteiger charge is -2.39. The number of hydrogen-bond acceptors (Lipinski definition) is 3. The van der Waals surface area contributed by atoms with Crippen molar-refractivity contribution in [3.05, 3.63) is 0 Å². The molecule has 30 heavy (non-hydrogen) atoms. The number of ketones is 1. The molecule has 0 fully saturated rings. The Balaban J connectivity index is 4.55. The molecular weight excluding hydrogens is 404 g/mol. The highest BCUT2D eigenvalue weighted by molar-refractivity contribution is 6.74. The van der Waals surface area contributed by atoms with Gasteiger partial charge in [0.25, 0.3) is 0 Å². The summed E-state index contributed by atoms with van der Waals surface area (Å²) in [6.07, 6.45) is 5.30. The number of carbonyl (C=O) groups is 1. The molecule has 0 spiro atoms. The zero-order valence-corrected chi connectivity index (χ0v) is 24.1. The van der Waals surface area contributed by atoms with Crippen LogP contribution in [0.2, 0.25) is 36.3 Å². The first kappa shape index (κ1) is 29.6. The van der Waals surface area contributed by atoms with Crippen molar-refractivity contribution >= 4 is 22.4 Å². The first-order valence-electron chi connectivity index (χ1n) is 11.8. The normalized spacial score (nSPS) is 15.3. The van der Waals surface area contributed by atoms with E-state index in [0.717, 1.165) is 25.7 Å². The van der Waals surface area contributed by atoms with Gasteiger partial charge in [-0.15, -0.1) is 0 Å². The summed E-state index contributed by atoms with van der Waals surface area (Å²) in [6, 6.07) is 0. The summed E-state index contributed by atoms with van der Waals surface area (Å²) in [5.74, 6) is 6.01. The molecule has 2 atom stereocenters. The second-order valence-corrected chi connectivity index (χ2v) is 21.3. The molecule has 0 aromatic rings. The highest BCUT2D eigenvalue weighted by Gasteiger charge is 2.39. The fourth-order valence-electron chi connectivity index (χ4n) is 2.73. The average Bonchev–Trinajstić information content (AvgIpc) is 2.51. The molecule has 0 radical (unpaired) electrons. The van der Waals surface area contributed by atoms with Gasteiger partial charge in [0.1, 0.15) is 0 Å². The van der Waals surface area contributed by atoms with E-state index in [9.17, 15) is 4.79 Å². The molecular formula is C25H50O3Si2. The van der Waals surface area contributed by atoms with Crippen LogP contribution in [0.4, 0.5) is 0 Å². The lowest BCUT2D eigenvalue weighted by atomic mass is 10.1. The molecule has 0 saturated heterocycles. The Morgan fingerprint density at radius 1 is 0.900 bits per heavy atom. The fourth-order valence-corrected chi connectivity index (χ4v) is 5.60. The molecule has 0 saturated carbocycles. The molecule has 0 aromatic heterocycles. The Morgan fingerprint density at radius 3 is 1.87 bits per heavy atom. The van der Waals surface area contributed by atoms with Crippen molar-refractivity contribution in [3.8, 4) is 11.8 Å². The van der Waals surface area contributed by atoms with Crippen molar-refractivity contribution in [1.29, 1.82) is 0 Å². The van der Waals surface area contributed by atoms with Gasteiger partial charge >= 0.3 is 0 Å². The minimum absolute atomic E-state index is 0.0390. The molecule has 0 rings (SSSR count). The van der Waals surface area contributed by atoms with E-state index in [1.807, 2.05) is 0 Å². The Morgan fingerprint density at radius 2 is 1.40 bits per heavy atom. The molecule has 0 aliphatic heterocycles. The van der Waals surface area contributed by atoms with Crippen LogP contribution >= 0.6 is 0 Å². The quantitative estimate of drug-likeness (QED) is 0.182. The third-order valence-electron chi connectivity index (χ3n) is 6.75. The second-order valence-electron chi connectivity index (χ2n) is 11.8. The number of hydrogen-bond donors (Lipinski definition) is 0. The second kappa shape index (κ2) is 12.0.